The van der Waals surface area contributed by atoms with Crippen LogP contribution in [0.1, 0.15) is 26.3 Å². The van der Waals surface area contributed by atoms with Crippen molar-refractivity contribution in [3.8, 4) is 0 Å². The van der Waals surface area contributed by atoms with Crippen molar-refractivity contribution in [2.75, 3.05) is 5.33 Å². The van der Waals surface area contributed by atoms with Crippen LogP contribution in [0.15, 0.2) is 39.6 Å². The Labute approximate surface area is 115 Å². The first-order chi connectivity index (χ1) is 7.97. The zero-order valence-electron chi connectivity index (χ0n) is 10.8. The van der Waals surface area contributed by atoms with Crippen molar-refractivity contribution < 1.29 is 4.21 Å². The molecule has 94 valence electrons. The van der Waals surface area contributed by atoms with Crippen LogP contribution < -0.4 is 0 Å². The highest BCUT2D eigenvalue weighted by atomic mass is 79.9. The Morgan fingerprint density at radius 2 is 1.82 bits per heavy atom. The monoisotopic (exact) mass is 314 g/mol. The van der Waals surface area contributed by atoms with Crippen LogP contribution in [0.25, 0.3) is 0 Å². The van der Waals surface area contributed by atoms with Crippen molar-refractivity contribution in [3.63, 3.8) is 0 Å². The maximum Gasteiger partial charge on any atom is 0.0816 e. The van der Waals surface area contributed by atoms with Crippen molar-refractivity contribution in [1.82, 2.24) is 0 Å². The van der Waals surface area contributed by atoms with Gasteiger partial charge in [0.15, 0.2) is 0 Å². The molecule has 1 unspecified atom stereocenters. The van der Waals surface area contributed by atoms with Crippen LogP contribution in [-0.2, 0) is 10.8 Å². The van der Waals surface area contributed by atoms with Gasteiger partial charge in [-0.15, -0.1) is 0 Å². The summed E-state index contributed by atoms with van der Waals surface area (Å²) in [4.78, 5) is 1.87. The predicted octanol–water partition coefficient (Wildman–Crippen LogP) is 4.43. The van der Waals surface area contributed by atoms with Crippen LogP contribution >= 0.6 is 15.9 Å². The molecule has 0 amide bonds. The fourth-order valence-electron chi connectivity index (χ4n) is 1.43. The standard InChI is InChI=1S/C14H19BrOS/c1-10(2)12(4)14(9-15)17(16)13-7-5-11(3)6-8-13/h5-8,10H,9H2,1-4H3/b14-12-. The third-order valence-corrected chi connectivity index (χ3v) is 5.43. The molecule has 0 N–H and O–H groups in total. The summed E-state index contributed by atoms with van der Waals surface area (Å²) in [6, 6.07) is 7.90. The van der Waals surface area contributed by atoms with Gasteiger partial charge in [-0.05, 0) is 31.9 Å². The number of aryl methyl sites for hydroxylation is 1. The third kappa shape index (κ3) is 3.78. The minimum atomic E-state index is -1.05. The number of hydrogen-bond donors (Lipinski definition) is 0. The Bertz CT molecular complexity index is 432. The molecule has 1 aromatic carbocycles. The molecule has 0 aliphatic rings. The first kappa shape index (κ1) is 14.7. The van der Waals surface area contributed by atoms with E-state index in [-0.39, 0.29) is 0 Å². The minimum absolute atomic E-state index is 0.428. The highest BCUT2D eigenvalue weighted by Crippen LogP contribution is 2.23. The van der Waals surface area contributed by atoms with Gasteiger partial charge >= 0.3 is 0 Å². The fourth-order valence-corrected chi connectivity index (χ4v) is 3.79. The number of allylic oxidation sites excluding steroid dienone is 2. The topological polar surface area (TPSA) is 17.1 Å². The van der Waals surface area contributed by atoms with Crippen molar-refractivity contribution in [2.45, 2.75) is 32.6 Å². The van der Waals surface area contributed by atoms with Crippen LogP contribution in [0.5, 0.6) is 0 Å². The predicted molar refractivity (Wildman–Crippen MR) is 78.9 cm³/mol. The van der Waals surface area contributed by atoms with Crippen molar-refractivity contribution in [3.05, 3.63) is 40.3 Å². The molecule has 0 aliphatic heterocycles. The molecule has 0 spiro atoms. The third-order valence-electron chi connectivity index (χ3n) is 2.89. The van der Waals surface area contributed by atoms with Gasteiger partial charge in [0.05, 0.1) is 10.8 Å². The van der Waals surface area contributed by atoms with Crippen LogP contribution in [0.2, 0.25) is 0 Å². The fraction of sp³-hybridized carbons (Fsp3) is 0.429. The van der Waals surface area contributed by atoms with Crippen LogP contribution in [-0.4, -0.2) is 9.54 Å². The summed E-state index contributed by atoms with van der Waals surface area (Å²) in [6.07, 6.45) is 0. The molecule has 0 aromatic heterocycles. The maximum atomic E-state index is 12.5. The van der Waals surface area contributed by atoms with Crippen molar-refractivity contribution in [1.29, 1.82) is 0 Å². The lowest BCUT2D eigenvalue weighted by molar-refractivity contribution is 0.684. The van der Waals surface area contributed by atoms with Crippen LogP contribution in [0, 0.1) is 12.8 Å². The van der Waals surface area contributed by atoms with Gasteiger partial charge < -0.3 is 0 Å². The second kappa shape index (κ2) is 6.50. The summed E-state index contributed by atoms with van der Waals surface area (Å²) in [5, 5.41) is 0.664. The average molecular weight is 315 g/mol. The molecular weight excluding hydrogens is 296 g/mol. The molecule has 0 fully saturated rings. The second-order valence-electron chi connectivity index (χ2n) is 4.48. The van der Waals surface area contributed by atoms with Crippen molar-refractivity contribution in [2.24, 2.45) is 5.92 Å². The highest BCUT2D eigenvalue weighted by Gasteiger charge is 2.14. The van der Waals surface area contributed by atoms with Crippen molar-refractivity contribution >= 4 is 26.7 Å². The van der Waals surface area contributed by atoms with E-state index in [1.165, 1.54) is 11.1 Å². The van der Waals surface area contributed by atoms with Crippen LogP contribution in [0.4, 0.5) is 0 Å². The minimum Gasteiger partial charge on any atom is -0.249 e. The Hall–Kier alpha value is -0.410. The van der Waals surface area contributed by atoms with E-state index >= 15 is 0 Å². The summed E-state index contributed by atoms with van der Waals surface area (Å²) < 4.78 is 12.5. The summed E-state index contributed by atoms with van der Waals surface area (Å²) in [6.45, 7) is 8.36. The summed E-state index contributed by atoms with van der Waals surface area (Å²) in [7, 11) is -1.05. The van der Waals surface area contributed by atoms with E-state index in [4.69, 9.17) is 0 Å². The van der Waals surface area contributed by atoms with E-state index in [1.54, 1.807) is 0 Å². The van der Waals surface area contributed by atoms with E-state index in [0.29, 0.717) is 11.2 Å². The molecule has 0 radical (unpaired) electrons. The quantitative estimate of drug-likeness (QED) is 0.751. The first-order valence-electron chi connectivity index (χ1n) is 5.71. The molecule has 1 nitrogen and oxygen atoms in total. The van der Waals surface area contributed by atoms with E-state index in [9.17, 15) is 4.21 Å². The summed E-state index contributed by atoms with van der Waals surface area (Å²) in [5.41, 5.74) is 2.40. The average Bonchev–Trinajstić information content (AvgIpc) is 2.30. The lowest BCUT2D eigenvalue weighted by Gasteiger charge is -2.12. The van der Waals surface area contributed by atoms with E-state index < -0.39 is 10.8 Å². The Balaban J connectivity index is 3.11. The largest absolute Gasteiger partial charge is 0.249 e. The number of rotatable bonds is 4. The number of alkyl halides is 1. The summed E-state index contributed by atoms with van der Waals surface area (Å²) in [5.74, 6) is 0.428. The van der Waals surface area contributed by atoms with E-state index in [1.807, 2.05) is 31.2 Å². The number of hydrogen-bond acceptors (Lipinski definition) is 1. The van der Waals surface area contributed by atoms with Gasteiger partial charge in [-0.2, -0.15) is 0 Å². The molecule has 3 heteroatoms. The lowest BCUT2D eigenvalue weighted by Crippen LogP contribution is -2.04. The molecule has 1 aromatic rings. The molecule has 0 bridgehead atoms. The van der Waals surface area contributed by atoms with Gasteiger partial charge in [0.2, 0.25) is 0 Å². The SMILES string of the molecule is C/C(=C(\CBr)S(=O)c1ccc(C)cc1)C(C)C. The molecule has 0 saturated heterocycles. The molecule has 1 rings (SSSR count). The van der Waals surface area contributed by atoms with Crippen LogP contribution in [0.3, 0.4) is 0 Å². The lowest BCUT2D eigenvalue weighted by atomic mass is 10.1. The number of halogens is 1. The van der Waals surface area contributed by atoms with Gasteiger partial charge in [0.25, 0.3) is 0 Å². The zero-order valence-corrected chi connectivity index (χ0v) is 13.2. The molecule has 17 heavy (non-hydrogen) atoms. The Morgan fingerprint density at radius 3 is 2.24 bits per heavy atom. The van der Waals surface area contributed by atoms with E-state index in [0.717, 1.165) is 9.80 Å². The normalized spacial score (nSPS) is 14.7. The smallest absolute Gasteiger partial charge is 0.0816 e. The van der Waals surface area contributed by atoms with Gasteiger partial charge in [0, 0.05) is 15.1 Å². The zero-order chi connectivity index (χ0) is 13.0. The Kier molecular flexibility index (Phi) is 5.60. The summed E-state index contributed by atoms with van der Waals surface area (Å²) >= 11 is 3.45. The molecular formula is C14H19BrOS. The van der Waals surface area contributed by atoms with Gasteiger partial charge in [-0.25, -0.2) is 4.21 Å². The number of benzene rings is 1. The molecule has 0 aliphatic carbocycles. The Morgan fingerprint density at radius 1 is 1.29 bits per heavy atom. The second-order valence-corrected chi connectivity index (χ2v) is 6.54. The van der Waals surface area contributed by atoms with Gasteiger partial charge in [-0.1, -0.05) is 53.0 Å². The molecule has 0 heterocycles. The van der Waals surface area contributed by atoms with E-state index in [2.05, 4.69) is 36.7 Å². The highest BCUT2D eigenvalue weighted by molar-refractivity contribution is 9.09. The van der Waals surface area contributed by atoms with Gasteiger partial charge in [0.1, 0.15) is 0 Å². The maximum absolute atomic E-state index is 12.5. The van der Waals surface area contributed by atoms with Gasteiger partial charge in [-0.3, -0.25) is 0 Å². The molecule has 0 saturated carbocycles. The molecule has 1 atom stereocenters. The first-order valence-corrected chi connectivity index (χ1v) is 7.98.